The molecule has 0 radical (unpaired) electrons. The number of benzene rings is 1. The molecule has 0 fully saturated rings. The van der Waals surface area contributed by atoms with Gasteiger partial charge in [-0.1, -0.05) is 6.92 Å². The van der Waals surface area contributed by atoms with E-state index in [-0.39, 0.29) is 5.78 Å². The van der Waals surface area contributed by atoms with E-state index >= 15 is 0 Å². The average molecular weight is 368 g/mol. The molecule has 5 nitrogen and oxygen atoms in total. The molecule has 0 amide bonds. The summed E-state index contributed by atoms with van der Waals surface area (Å²) in [7, 11) is 1.57. The molecule has 4 rings (SSSR count). The van der Waals surface area contributed by atoms with E-state index in [2.05, 4.69) is 16.9 Å². The molecule has 0 saturated heterocycles. The van der Waals surface area contributed by atoms with Crippen LogP contribution in [-0.4, -0.2) is 22.9 Å². The van der Waals surface area contributed by atoms with Gasteiger partial charge >= 0.3 is 0 Å². The van der Waals surface area contributed by atoms with Gasteiger partial charge in [0.1, 0.15) is 11.2 Å². The lowest BCUT2D eigenvalue weighted by molar-refractivity contribution is 0.101. The van der Waals surface area contributed by atoms with Crippen LogP contribution in [0, 0.1) is 5.92 Å². The molecule has 26 heavy (non-hydrogen) atoms. The molecule has 0 aliphatic heterocycles. The van der Waals surface area contributed by atoms with E-state index in [1.54, 1.807) is 43.0 Å². The zero-order valence-electron chi connectivity index (χ0n) is 15.0. The number of methoxy groups -OCH3 is 1. The molecule has 2 aromatic heterocycles. The van der Waals surface area contributed by atoms with E-state index in [1.807, 2.05) is 0 Å². The predicted octanol–water partition coefficient (Wildman–Crippen LogP) is 4.82. The zero-order valence-corrected chi connectivity index (χ0v) is 15.9. The Labute approximate surface area is 156 Å². The summed E-state index contributed by atoms with van der Waals surface area (Å²) in [5, 5.41) is 1.01. The van der Waals surface area contributed by atoms with Crippen molar-refractivity contribution in [2.75, 3.05) is 7.11 Å². The Morgan fingerprint density at radius 1 is 1.27 bits per heavy atom. The number of nitrogens with zero attached hydrogens (tertiary/aromatic N) is 2. The highest BCUT2D eigenvalue weighted by Crippen LogP contribution is 2.42. The molecule has 1 aliphatic rings. The molecular weight excluding hydrogens is 348 g/mol. The SMILES string of the molecule is COc1cc(C(C)=O)ccc1Oc1ncnc2sc3c(c12)CCC(C)C3. The summed E-state index contributed by atoms with van der Waals surface area (Å²) in [6.45, 7) is 3.82. The number of hydrogen-bond acceptors (Lipinski definition) is 6. The van der Waals surface area contributed by atoms with Gasteiger partial charge in [-0.2, -0.15) is 0 Å². The minimum Gasteiger partial charge on any atom is -0.493 e. The van der Waals surface area contributed by atoms with Crippen molar-refractivity contribution in [3.63, 3.8) is 0 Å². The normalized spacial score (nSPS) is 16.3. The molecule has 1 unspecified atom stereocenters. The van der Waals surface area contributed by atoms with E-state index in [9.17, 15) is 4.79 Å². The number of aryl methyl sites for hydroxylation is 1. The quantitative estimate of drug-likeness (QED) is 0.618. The maximum absolute atomic E-state index is 11.6. The van der Waals surface area contributed by atoms with Gasteiger partial charge in [0.2, 0.25) is 5.88 Å². The average Bonchev–Trinajstić information content (AvgIpc) is 3.00. The molecule has 1 aromatic carbocycles. The van der Waals surface area contributed by atoms with Gasteiger partial charge in [-0.05, 0) is 55.9 Å². The van der Waals surface area contributed by atoms with Crippen LogP contribution in [-0.2, 0) is 12.8 Å². The Morgan fingerprint density at radius 3 is 2.88 bits per heavy atom. The summed E-state index contributed by atoms with van der Waals surface area (Å²) in [5.41, 5.74) is 1.90. The van der Waals surface area contributed by atoms with E-state index in [0.717, 1.165) is 23.1 Å². The largest absolute Gasteiger partial charge is 0.493 e. The highest BCUT2D eigenvalue weighted by atomic mass is 32.1. The minimum atomic E-state index is -0.0136. The van der Waals surface area contributed by atoms with Gasteiger partial charge < -0.3 is 9.47 Å². The van der Waals surface area contributed by atoms with E-state index in [4.69, 9.17) is 9.47 Å². The topological polar surface area (TPSA) is 61.3 Å². The third-order valence-corrected chi connectivity index (χ3v) is 6.00. The molecular formula is C20H20N2O3S. The number of hydrogen-bond donors (Lipinski definition) is 0. The van der Waals surface area contributed by atoms with Gasteiger partial charge in [-0.25, -0.2) is 9.97 Å². The van der Waals surface area contributed by atoms with Crippen molar-refractivity contribution in [2.45, 2.75) is 33.1 Å². The van der Waals surface area contributed by atoms with Gasteiger partial charge in [0.05, 0.1) is 12.5 Å². The van der Waals surface area contributed by atoms with Gasteiger partial charge in [0.15, 0.2) is 17.3 Å². The lowest BCUT2D eigenvalue weighted by Gasteiger charge is -2.18. The van der Waals surface area contributed by atoms with Gasteiger partial charge in [-0.15, -0.1) is 11.3 Å². The lowest BCUT2D eigenvalue weighted by atomic mass is 9.89. The number of aromatic nitrogens is 2. The Bertz CT molecular complexity index is 996. The molecule has 0 spiro atoms. The van der Waals surface area contributed by atoms with Gasteiger partial charge in [0, 0.05) is 10.4 Å². The van der Waals surface area contributed by atoms with Crippen LogP contribution in [0.5, 0.6) is 17.4 Å². The van der Waals surface area contributed by atoms with Crippen LogP contribution in [0.15, 0.2) is 24.5 Å². The van der Waals surface area contributed by atoms with Crippen molar-refractivity contribution in [3.05, 3.63) is 40.5 Å². The Balaban J connectivity index is 1.77. The summed E-state index contributed by atoms with van der Waals surface area (Å²) in [5.74, 6) is 2.30. The Morgan fingerprint density at radius 2 is 2.12 bits per heavy atom. The van der Waals surface area contributed by atoms with Crippen molar-refractivity contribution in [2.24, 2.45) is 5.92 Å². The van der Waals surface area contributed by atoms with Crippen LogP contribution in [0.3, 0.4) is 0 Å². The fourth-order valence-corrected chi connectivity index (χ4v) is 4.74. The summed E-state index contributed by atoms with van der Waals surface area (Å²) in [4.78, 5) is 22.8. The van der Waals surface area contributed by atoms with E-state index in [0.29, 0.717) is 28.9 Å². The first-order valence-electron chi connectivity index (χ1n) is 8.69. The molecule has 3 aromatic rings. The molecule has 1 atom stereocenters. The van der Waals surface area contributed by atoms with Crippen LogP contribution in [0.25, 0.3) is 10.2 Å². The third kappa shape index (κ3) is 2.94. The second kappa shape index (κ2) is 6.68. The fourth-order valence-electron chi connectivity index (χ4n) is 3.40. The fraction of sp³-hybridized carbons (Fsp3) is 0.350. The number of thiophene rings is 1. The van der Waals surface area contributed by atoms with E-state index < -0.39 is 0 Å². The van der Waals surface area contributed by atoms with Crippen molar-refractivity contribution >= 4 is 27.3 Å². The maximum Gasteiger partial charge on any atom is 0.231 e. The molecule has 0 N–H and O–H groups in total. The van der Waals surface area contributed by atoms with Crippen LogP contribution in [0.1, 0.15) is 41.1 Å². The van der Waals surface area contributed by atoms with Crippen LogP contribution < -0.4 is 9.47 Å². The highest BCUT2D eigenvalue weighted by Gasteiger charge is 2.24. The molecule has 0 bridgehead atoms. The molecule has 0 saturated carbocycles. The summed E-state index contributed by atoms with van der Waals surface area (Å²) < 4.78 is 11.5. The van der Waals surface area contributed by atoms with Crippen LogP contribution in [0.4, 0.5) is 0 Å². The monoisotopic (exact) mass is 368 g/mol. The number of ether oxygens (including phenoxy) is 2. The highest BCUT2D eigenvalue weighted by molar-refractivity contribution is 7.18. The Kier molecular flexibility index (Phi) is 4.36. The number of ketones is 1. The second-order valence-electron chi connectivity index (χ2n) is 6.73. The molecule has 6 heteroatoms. The molecule has 2 heterocycles. The zero-order chi connectivity index (χ0) is 18.3. The third-order valence-electron chi connectivity index (χ3n) is 4.83. The summed E-state index contributed by atoms with van der Waals surface area (Å²) in [6.07, 6.45) is 4.83. The smallest absolute Gasteiger partial charge is 0.231 e. The predicted molar refractivity (Wildman–Crippen MR) is 102 cm³/mol. The van der Waals surface area contributed by atoms with Gasteiger partial charge in [0.25, 0.3) is 0 Å². The number of Topliss-reactive ketones (excluding diaryl/α,β-unsaturated/α-hetero) is 1. The van der Waals surface area contributed by atoms with Crippen molar-refractivity contribution in [1.82, 2.24) is 9.97 Å². The van der Waals surface area contributed by atoms with Crippen LogP contribution >= 0.6 is 11.3 Å². The first kappa shape index (κ1) is 17.0. The molecule has 134 valence electrons. The first-order chi connectivity index (χ1) is 12.6. The second-order valence-corrected chi connectivity index (χ2v) is 7.82. The van der Waals surface area contributed by atoms with Crippen molar-refractivity contribution in [1.29, 1.82) is 0 Å². The number of carbonyl (C=O) groups excluding carboxylic acids is 1. The van der Waals surface area contributed by atoms with Crippen molar-refractivity contribution in [3.8, 4) is 17.4 Å². The lowest BCUT2D eigenvalue weighted by Crippen LogP contribution is -2.08. The molecule has 1 aliphatic carbocycles. The minimum absolute atomic E-state index is 0.0136. The Hall–Kier alpha value is -2.47. The standard InChI is InChI=1S/C20H20N2O3S/c1-11-4-6-14-17(8-11)26-20-18(14)19(21-10-22-20)25-15-7-5-13(12(2)23)9-16(15)24-3/h5,7,9-11H,4,6,8H2,1-3H3. The summed E-state index contributed by atoms with van der Waals surface area (Å²) >= 11 is 1.74. The number of rotatable bonds is 4. The van der Waals surface area contributed by atoms with Crippen LogP contribution in [0.2, 0.25) is 0 Å². The first-order valence-corrected chi connectivity index (χ1v) is 9.50. The van der Waals surface area contributed by atoms with E-state index in [1.165, 1.54) is 23.8 Å². The number of fused-ring (bicyclic) bond motifs is 3. The maximum atomic E-state index is 11.6. The van der Waals surface area contributed by atoms with Crippen molar-refractivity contribution < 1.29 is 14.3 Å². The summed E-state index contributed by atoms with van der Waals surface area (Å²) in [6, 6.07) is 5.19. The van der Waals surface area contributed by atoms with Gasteiger partial charge in [-0.3, -0.25) is 4.79 Å². The number of carbonyl (C=O) groups is 1.